The van der Waals surface area contributed by atoms with Gasteiger partial charge in [-0.3, -0.25) is 9.59 Å². The van der Waals surface area contributed by atoms with Crippen LogP contribution in [0.15, 0.2) is 25.3 Å². The molecule has 0 bridgehead atoms. The zero-order chi connectivity index (χ0) is 21.4. The van der Waals surface area contributed by atoms with Gasteiger partial charge in [-0.1, -0.05) is 76.4 Å². The average Bonchev–Trinajstić information content (AvgIpc) is 2.70. The summed E-state index contributed by atoms with van der Waals surface area (Å²) in [7, 11) is 0. The van der Waals surface area contributed by atoms with Gasteiger partial charge in [-0.25, -0.2) is 0 Å². The first-order chi connectivity index (χ1) is 14.2. The molecule has 0 spiro atoms. The Labute approximate surface area is 179 Å². The summed E-state index contributed by atoms with van der Waals surface area (Å²) in [6.45, 7) is 8.25. The van der Waals surface area contributed by atoms with E-state index in [1.165, 1.54) is 64.2 Å². The Balaban J connectivity index is 3.33. The lowest BCUT2D eigenvalue weighted by atomic mass is 10.1. The van der Waals surface area contributed by atoms with Gasteiger partial charge in [0.1, 0.15) is 6.42 Å². The summed E-state index contributed by atoms with van der Waals surface area (Å²) in [6, 6.07) is 0. The van der Waals surface area contributed by atoms with Crippen LogP contribution in [-0.4, -0.2) is 25.2 Å². The van der Waals surface area contributed by atoms with E-state index in [1.807, 2.05) is 12.2 Å². The summed E-state index contributed by atoms with van der Waals surface area (Å²) in [4.78, 5) is 23.3. The van der Waals surface area contributed by atoms with E-state index in [1.54, 1.807) is 0 Å². The van der Waals surface area contributed by atoms with Gasteiger partial charge >= 0.3 is 11.9 Å². The van der Waals surface area contributed by atoms with Crippen LogP contribution in [0.25, 0.3) is 0 Å². The molecule has 0 heterocycles. The topological polar surface area (TPSA) is 52.6 Å². The van der Waals surface area contributed by atoms with Crippen LogP contribution < -0.4 is 0 Å². The zero-order valence-corrected chi connectivity index (χ0v) is 18.6. The number of ether oxygens (including phenoxy) is 2. The maximum atomic E-state index is 11.6. The van der Waals surface area contributed by atoms with E-state index >= 15 is 0 Å². The summed E-state index contributed by atoms with van der Waals surface area (Å²) in [5.74, 6) is -0.946. The van der Waals surface area contributed by atoms with Gasteiger partial charge in [0, 0.05) is 0 Å². The predicted octanol–water partition coefficient (Wildman–Crippen LogP) is 7.08. The average molecular weight is 409 g/mol. The van der Waals surface area contributed by atoms with Crippen molar-refractivity contribution in [3.63, 3.8) is 0 Å². The molecule has 0 radical (unpaired) electrons. The Morgan fingerprint density at radius 3 is 1.17 bits per heavy atom. The summed E-state index contributed by atoms with van der Waals surface area (Å²) >= 11 is 0. The normalized spacial score (nSPS) is 10.5. The molecule has 4 nitrogen and oxygen atoms in total. The predicted molar refractivity (Wildman–Crippen MR) is 121 cm³/mol. The molecule has 0 saturated carbocycles. The van der Waals surface area contributed by atoms with Gasteiger partial charge in [0.05, 0.1) is 13.2 Å². The number of hydrogen-bond acceptors (Lipinski definition) is 4. The van der Waals surface area contributed by atoms with E-state index in [0.717, 1.165) is 38.5 Å². The fourth-order valence-corrected chi connectivity index (χ4v) is 3.14. The molecule has 0 fully saturated rings. The number of allylic oxidation sites excluding steroid dienone is 2. The molecule has 0 aromatic rings. The Morgan fingerprint density at radius 1 is 0.517 bits per heavy atom. The SMILES string of the molecule is C=CCCCCCCCCCOC(=O)CC(=O)OCCCCCCCCCC=C. The van der Waals surface area contributed by atoms with Gasteiger partial charge in [0.25, 0.3) is 0 Å². The van der Waals surface area contributed by atoms with Gasteiger partial charge in [0.15, 0.2) is 0 Å². The molecule has 0 amide bonds. The second-order valence-electron chi connectivity index (χ2n) is 7.72. The van der Waals surface area contributed by atoms with Crippen molar-refractivity contribution in [2.24, 2.45) is 0 Å². The van der Waals surface area contributed by atoms with Gasteiger partial charge in [-0.2, -0.15) is 0 Å². The van der Waals surface area contributed by atoms with E-state index in [9.17, 15) is 9.59 Å². The van der Waals surface area contributed by atoms with E-state index in [-0.39, 0.29) is 6.42 Å². The number of carbonyl (C=O) groups is 2. The van der Waals surface area contributed by atoms with Gasteiger partial charge < -0.3 is 9.47 Å². The highest BCUT2D eigenvalue weighted by Crippen LogP contribution is 2.10. The van der Waals surface area contributed by atoms with Crippen LogP contribution in [0.5, 0.6) is 0 Å². The van der Waals surface area contributed by atoms with Crippen molar-refractivity contribution in [3.8, 4) is 0 Å². The van der Waals surface area contributed by atoms with E-state index < -0.39 is 11.9 Å². The Kier molecular flexibility index (Phi) is 21.5. The van der Waals surface area contributed by atoms with Crippen LogP contribution >= 0.6 is 0 Å². The lowest BCUT2D eigenvalue weighted by Crippen LogP contribution is -2.15. The number of esters is 2. The highest BCUT2D eigenvalue weighted by atomic mass is 16.6. The Morgan fingerprint density at radius 2 is 0.828 bits per heavy atom. The zero-order valence-electron chi connectivity index (χ0n) is 18.6. The first-order valence-corrected chi connectivity index (χ1v) is 11.7. The maximum absolute atomic E-state index is 11.6. The van der Waals surface area contributed by atoms with Gasteiger partial charge in [0.2, 0.25) is 0 Å². The summed E-state index contributed by atoms with van der Waals surface area (Å²) in [5.41, 5.74) is 0. The van der Waals surface area contributed by atoms with Crippen LogP contribution in [0.4, 0.5) is 0 Å². The highest BCUT2D eigenvalue weighted by Gasteiger charge is 2.11. The molecule has 0 saturated heterocycles. The van der Waals surface area contributed by atoms with E-state index in [2.05, 4.69) is 13.2 Å². The number of carbonyl (C=O) groups excluding carboxylic acids is 2. The third-order valence-electron chi connectivity index (χ3n) is 4.92. The fourth-order valence-electron chi connectivity index (χ4n) is 3.14. The molecular formula is C25H44O4. The second kappa shape index (κ2) is 22.7. The van der Waals surface area contributed by atoms with Gasteiger partial charge in [-0.15, -0.1) is 13.2 Å². The highest BCUT2D eigenvalue weighted by molar-refractivity contribution is 5.91. The maximum Gasteiger partial charge on any atom is 0.317 e. The molecule has 4 heteroatoms. The van der Waals surface area contributed by atoms with E-state index in [0.29, 0.717) is 13.2 Å². The van der Waals surface area contributed by atoms with Crippen LogP contribution in [-0.2, 0) is 19.1 Å². The van der Waals surface area contributed by atoms with Crippen molar-refractivity contribution >= 4 is 11.9 Å². The molecule has 0 atom stereocenters. The third-order valence-corrected chi connectivity index (χ3v) is 4.92. The summed E-state index contributed by atoms with van der Waals surface area (Å²) in [6.07, 6.45) is 22.0. The lowest BCUT2D eigenvalue weighted by molar-refractivity contribution is -0.154. The number of hydrogen-bond donors (Lipinski definition) is 0. The van der Waals surface area contributed by atoms with Crippen molar-refractivity contribution < 1.29 is 19.1 Å². The van der Waals surface area contributed by atoms with Crippen molar-refractivity contribution in [2.75, 3.05) is 13.2 Å². The molecule has 0 aliphatic rings. The van der Waals surface area contributed by atoms with Crippen molar-refractivity contribution in [1.29, 1.82) is 0 Å². The third kappa shape index (κ3) is 22.6. The first kappa shape index (κ1) is 27.4. The Hall–Kier alpha value is -1.58. The van der Waals surface area contributed by atoms with Crippen LogP contribution in [0.2, 0.25) is 0 Å². The quantitative estimate of drug-likeness (QED) is 0.0831. The van der Waals surface area contributed by atoms with Crippen LogP contribution in [0, 0.1) is 0 Å². The van der Waals surface area contributed by atoms with Gasteiger partial charge in [-0.05, 0) is 38.5 Å². The van der Waals surface area contributed by atoms with Crippen molar-refractivity contribution in [3.05, 3.63) is 25.3 Å². The summed E-state index contributed by atoms with van der Waals surface area (Å²) < 4.78 is 10.2. The largest absolute Gasteiger partial charge is 0.465 e. The molecule has 0 N–H and O–H groups in total. The molecule has 0 aliphatic carbocycles. The lowest BCUT2D eigenvalue weighted by Gasteiger charge is -2.06. The van der Waals surface area contributed by atoms with Crippen molar-refractivity contribution in [1.82, 2.24) is 0 Å². The molecule has 29 heavy (non-hydrogen) atoms. The number of unbranched alkanes of at least 4 members (excludes halogenated alkanes) is 14. The fraction of sp³-hybridized carbons (Fsp3) is 0.760. The molecule has 0 aromatic carbocycles. The Bertz CT molecular complexity index is 379. The minimum atomic E-state index is -0.473. The van der Waals surface area contributed by atoms with E-state index in [4.69, 9.17) is 9.47 Å². The minimum Gasteiger partial charge on any atom is -0.465 e. The first-order valence-electron chi connectivity index (χ1n) is 11.7. The smallest absolute Gasteiger partial charge is 0.317 e. The standard InChI is InChI=1S/C25H44O4/c1-3-5-7-9-11-13-15-17-19-21-28-24(26)23-25(27)29-22-20-18-16-14-12-10-8-6-4-2/h3-4H,1-2,5-23H2. The second-order valence-corrected chi connectivity index (χ2v) is 7.72. The molecular weight excluding hydrogens is 364 g/mol. The monoisotopic (exact) mass is 408 g/mol. The molecule has 0 aliphatic heterocycles. The molecule has 0 unspecified atom stereocenters. The van der Waals surface area contributed by atoms with Crippen molar-refractivity contribution in [2.45, 2.75) is 109 Å². The summed E-state index contributed by atoms with van der Waals surface area (Å²) in [5, 5.41) is 0. The molecule has 0 aromatic heterocycles. The van der Waals surface area contributed by atoms with Crippen LogP contribution in [0.3, 0.4) is 0 Å². The minimum absolute atomic E-state index is 0.271. The van der Waals surface area contributed by atoms with Crippen LogP contribution in [0.1, 0.15) is 109 Å². The molecule has 168 valence electrons. The number of rotatable bonds is 22. The molecule has 0 rings (SSSR count).